The average Bonchev–Trinajstić information content (AvgIpc) is 2.81. The number of benzene rings is 2. The standard InChI is InChI=1S/C27H35Cl2N3O4S/c1-18-12-19(2)14-23(13-18)32(37(4,35)36)17-26(33)31(16-21-10-11-24(28)25(29)15-21)20(3)27(34)30-22-8-6-5-7-9-22/h10-15,20,22H,5-9,16-17H2,1-4H3,(H,30,34)/t20-/m1/s1. The molecule has 2 aromatic rings. The molecule has 0 heterocycles. The summed E-state index contributed by atoms with van der Waals surface area (Å²) in [5.74, 6) is -0.764. The van der Waals surface area contributed by atoms with Gasteiger partial charge in [-0.05, 0) is 74.6 Å². The van der Waals surface area contributed by atoms with Crippen molar-refractivity contribution in [1.29, 1.82) is 0 Å². The highest BCUT2D eigenvalue weighted by molar-refractivity contribution is 7.92. The number of hydrogen-bond donors (Lipinski definition) is 1. The molecule has 7 nitrogen and oxygen atoms in total. The minimum atomic E-state index is -3.79. The fourth-order valence-electron chi connectivity index (χ4n) is 4.69. The number of sulfonamides is 1. The van der Waals surface area contributed by atoms with Gasteiger partial charge in [0.1, 0.15) is 12.6 Å². The second-order valence-electron chi connectivity index (χ2n) is 9.91. The molecule has 0 aliphatic heterocycles. The fourth-order valence-corrected chi connectivity index (χ4v) is 5.85. The lowest BCUT2D eigenvalue weighted by molar-refractivity contribution is -0.139. The second kappa shape index (κ2) is 12.5. The van der Waals surface area contributed by atoms with Gasteiger partial charge in [0.05, 0.1) is 22.0 Å². The van der Waals surface area contributed by atoms with Crippen molar-refractivity contribution in [2.75, 3.05) is 17.1 Å². The molecule has 0 spiro atoms. The lowest BCUT2D eigenvalue weighted by Gasteiger charge is -2.33. The number of anilines is 1. The lowest BCUT2D eigenvalue weighted by Crippen LogP contribution is -2.53. The molecule has 202 valence electrons. The lowest BCUT2D eigenvalue weighted by atomic mass is 9.95. The van der Waals surface area contributed by atoms with E-state index in [9.17, 15) is 18.0 Å². The molecule has 0 aromatic heterocycles. The third kappa shape index (κ3) is 8.09. The summed E-state index contributed by atoms with van der Waals surface area (Å²) in [5, 5.41) is 3.79. The van der Waals surface area contributed by atoms with Gasteiger partial charge >= 0.3 is 0 Å². The van der Waals surface area contributed by atoms with Crippen molar-refractivity contribution < 1.29 is 18.0 Å². The van der Waals surface area contributed by atoms with E-state index in [2.05, 4.69) is 5.32 Å². The van der Waals surface area contributed by atoms with Crippen LogP contribution in [-0.4, -0.2) is 50.0 Å². The van der Waals surface area contributed by atoms with Gasteiger partial charge in [0.25, 0.3) is 0 Å². The molecule has 1 atom stereocenters. The molecule has 1 aliphatic rings. The minimum absolute atomic E-state index is 0.0689. The predicted octanol–water partition coefficient (Wildman–Crippen LogP) is 5.24. The van der Waals surface area contributed by atoms with Gasteiger partial charge in [-0.25, -0.2) is 8.42 Å². The van der Waals surface area contributed by atoms with Gasteiger partial charge in [-0.3, -0.25) is 13.9 Å². The van der Waals surface area contributed by atoms with Gasteiger partial charge in [0.15, 0.2) is 0 Å². The number of amides is 2. The number of rotatable bonds is 9. The highest BCUT2D eigenvalue weighted by Gasteiger charge is 2.31. The quantitative estimate of drug-likeness (QED) is 0.448. The van der Waals surface area contributed by atoms with Crippen molar-refractivity contribution in [2.45, 2.75) is 71.5 Å². The van der Waals surface area contributed by atoms with Crippen LogP contribution in [0.25, 0.3) is 0 Å². The summed E-state index contributed by atoms with van der Waals surface area (Å²) in [7, 11) is -3.79. The van der Waals surface area contributed by atoms with E-state index < -0.39 is 28.5 Å². The van der Waals surface area contributed by atoms with Crippen LogP contribution < -0.4 is 9.62 Å². The van der Waals surface area contributed by atoms with Crippen LogP contribution in [0, 0.1) is 13.8 Å². The van der Waals surface area contributed by atoms with Crippen molar-refractivity contribution in [1.82, 2.24) is 10.2 Å². The molecule has 37 heavy (non-hydrogen) atoms. The SMILES string of the molecule is Cc1cc(C)cc(N(CC(=O)N(Cc2ccc(Cl)c(Cl)c2)[C@H](C)C(=O)NC2CCCCC2)S(C)(=O)=O)c1. The summed E-state index contributed by atoms with van der Waals surface area (Å²) in [6.45, 7) is 5.03. The van der Waals surface area contributed by atoms with E-state index in [4.69, 9.17) is 23.2 Å². The van der Waals surface area contributed by atoms with Crippen LogP contribution in [-0.2, 0) is 26.2 Å². The molecule has 0 bridgehead atoms. The number of hydrogen-bond acceptors (Lipinski definition) is 4. The summed E-state index contributed by atoms with van der Waals surface area (Å²) in [6, 6.07) is 9.64. The summed E-state index contributed by atoms with van der Waals surface area (Å²) >= 11 is 12.3. The Kier molecular flexibility index (Phi) is 9.89. The van der Waals surface area contributed by atoms with E-state index >= 15 is 0 Å². The Bertz CT molecular complexity index is 1230. The van der Waals surface area contributed by atoms with E-state index in [-0.39, 0.29) is 18.5 Å². The number of carbonyl (C=O) groups excluding carboxylic acids is 2. The summed E-state index contributed by atoms with van der Waals surface area (Å²) in [4.78, 5) is 28.3. The normalized spacial score (nSPS) is 15.2. The Morgan fingerprint density at radius 2 is 1.62 bits per heavy atom. The first-order valence-electron chi connectivity index (χ1n) is 12.4. The molecule has 2 aromatic carbocycles. The highest BCUT2D eigenvalue weighted by atomic mass is 35.5. The van der Waals surface area contributed by atoms with Gasteiger partial charge in [-0.2, -0.15) is 0 Å². The molecule has 1 N–H and O–H groups in total. The molecule has 0 radical (unpaired) electrons. The number of aryl methyl sites for hydroxylation is 2. The van der Waals surface area contributed by atoms with Crippen LogP contribution in [0.1, 0.15) is 55.7 Å². The monoisotopic (exact) mass is 567 g/mol. The van der Waals surface area contributed by atoms with Crippen LogP contribution >= 0.6 is 23.2 Å². The number of nitrogens with one attached hydrogen (secondary N) is 1. The van der Waals surface area contributed by atoms with Gasteiger partial charge in [0.2, 0.25) is 21.8 Å². The maximum absolute atomic E-state index is 13.7. The van der Waals surface area contributed by atoms with Crippen LogP contribution in [0.15, 0.2) is 36.4 Å². The second-order valence-corrected chi connectivity index (χ2v) is 12.6. The van der Waals surface area contributed by atoms with E-state index in [1.54, 1.807) is 37.3 Å². The third-order valence-corrected chi connectivity index (χ3v) is 8.51. The molecular weight excluding hydrogens is 533 g/mol. The largest absolute Gasteiger partial charge is 0.352 e. The van der Waals surface area contributed by atoms with Gasteiger partial charge in [-0.15, -0.1) is 0 Å². The maximum atomic E-state index is 13.7. The van der Waals surface area contributed by atoms with Crippen LogP contribution in [0.2, 0.25) is 10.0 Å². The smallest absolute Gasteiger partial charge is 0.244 e. The maximum Gasteiger partial charge on any atom is 0.244 e. The Balaban J connectivity index is 1.91. The van der Waals surface area contributed by atoms with Gasteiger partial charge in [-0.1, -0.05) is 54.6 Å². The van der Waals surface area contributed by atoms with E-state index in [0.717, 1.165) is 53.8 Å². The van der Waals surface area contributed by atoms with Crippen LogP contribution in [0.3, 0.4) is 0 Å². The average molecular weight is 569 g/mol. The van der Waals surface area contributed by atoms with Crippen molar-refractivity contribution in [3.63, 3.8) is 0 Å². The summed E-state index contributed by atoms with van der Waals surface area (Å²) in [5.41, 5.74) is 2.84. The Morgan fingerprint density at radius 3 is 2.19 bits per heavy atom. The minimum Gasteiger partial charge on any atom is -0.352 e. The first-order valence-corrected chi connectivity index (χ1v) is 15.1. The van der Waals surface area contributed by atoms with Crippen molar-refractivity contribution in [2.24, 2.45) is 0 Å². The Morgan fingerprint density at radius 1 is 1.00 bits per heavy atom. The van der Waals surface area contributed by atoms with Gasteiger partial charge < -0.3 is 10.2 Å². The topological polar surface area (TPSA) is 86.8 Å². The fraction of sp³-hybridized carbons (Fsp3) is 0.481. The molecule has 10 heteroatoms. The summed E-state index contributed by atoms with van der Waals surface area (Å²) < 4.78 is 26.6. The molecule has 1 aliphatic carbocycles. The van der Waals surface area contributed by atoms with E-state index in [0.29, 0.717) is 21.3 Å². The van der Waals surface area contributed by atoms with Crippen molar-refractivity contribution in [3.05, 3.63) is 63.1 Å². The first kappa shape index (κ1) is 29.3. The Hall–Kier alpha value is -2.29. The molecular formula is C27H35Cl2N3O4S. The summed E-state index contributed by atoms with van der Waals surface area (Å²) in [6.07, 6.45) is 6.17. The Labute approximate surface area is 230 Å². The molecule has 3 rings (SSSR count). The molecule has 0 unspecified atom stereocenters. The zero-order valence-electron chi connectivity index (χ0n) is 21.8. The van der Waals surface area contributed by atoms with Crippen LogP contribution in [0.5, 0.6) is 0 Å². The molecule has 2 amide bonds. The zero-order valence-corrected chi connectivity index (χ0v) is 24.1. The van der Waals surface area contributed by atoms with E-state index in [1.165, 1.54) is 4.90 Å². The van der Waals surface area contributed by atoms with Crippen molar-refractivity contribution >= 4 is 50.7 Å². The number of halogens is 2. The molecule has 1 fully saturated rings. The van der Waals surface area contributed by atoms with Gasteiger partial charge in [0, 0.05) is 12.6 Å². The highest BCUT2D eigenvalue weighted by Crippen LogP contribution is 2.25. The third-order valence-electron chi connectivity index (χ3n) is 6.63. The predicted molar refractivity (Wildman–Crippen MR) is 150 cm³/mol. The number of carbonyl (C=O) groups is 2. The molecule has 1 saturated carbocycles. The zero-order chi connectivity index (χ0) is 27.3. The van der Waals surface area contributed by atoms with E-state index in [1.807, 2.05) is 19.9 Å². The number of nitrogens with zero attached hydrogens (tertiary/aromatic N) is 2. The van der Waals surface area contributed by atoms with Crippen LogP contribution in [0.4, 0.5) is 5.69 Å². The van der Waals surface area contributed by atoms with Crippen molar-refractivity contribution in [3.8, 4) is 0 Å². The molecule has 0 saturated heterocycles. The first-order chi connectivity index (χ1) is 17.3.